The Morgan fingerprint density at radius 3 is 2.59 bits per heavy atom. The maximum atomic E-state index is 12.6. The molecule has 1 aromatic heterocycles. The molecule has 1 aromatic carbocycles. The average molecular weight is 337 g/mol. The third-order valence-electron chi connectivity index (χ3n) is 3.43. The van der Waals surface area contributed by atoms with Gasteiger partial charge in [0.05, 0.1) is 5.92 Å². The maximum Gasteiger partial charge on any atom is 0.227 e. The van der Waals surface area contributed by atoms with Crippen LogP contribution in [0.1, 0.15) is 16.4 Å². The molecule has 1 unspecified atom stereocenters. The number of rotatable bonds is 7. The lowest BCUT2D eigenvalue weighted by atomic mass is 9.94. The van der Waals surface area contributed by atoms with Crippen LogP contribution in [-0.4, -0.2) is 38.0 Å². The van der Waals surface area contributed by atoms with E-state index in [1.54, 1.807) is 11.3 Å². The van der Waals surface area contributed by atoms with Gasteiger partial charge in [0.2, 0.25) is 5.91 Å². The molecule has 0 aliphatic heterocycles. The number of hydrogen-bond acceptors (Lipinski definition) is 3. The van der Waals surface area contributed by atoms with Gasteiger partial charge in [-0.15, -0.1) is 11.3 Å². The molecule has 1 amide bonds. The standard InChI is InChI=1S/C17H21ClN2OS/c1-20(2)10-9-19-17(21)16(12-15-4-3-11-22-15)13-5-7-14(18)8-6-13/h3-8,11,16H,9-10,12H2,1-2H3,(H,19,21). The summed E-state index contributed by atoms with van der Waals surface area (Å²) in [5.74, 6) is -0.115. The Hall–Kier alpha value is -1.36. The third-order valence-corrected chi connectivity index (χ3v) is 4.58. The molecule has 0 saturated carbocycles. The minimum atomic E-state index is -0.182. The van der Waals surface area contributed by atoms with Crippen LogP contribution in [-0.2, 0) is 11.2 Å². The summed E-state index contributed by atoms with van der Waals surface area (Å²) in [6.45, 7) is 1.48. The molecule has 0 spiro atoms. The van der Waals surface area contributed by atoms with Crippen molar-refractivity contribution in [1.82, 2.24) is 10.2 Å². The first-order valence-corrected chi connectivity index (χ1v) is 8.52. The molecule has 0 bridgehead atoms. The molecule has 0 aliphatic carbocycles. The number of benzene rings is 1. The van der Waals surface area contributed by atoms with Gasteiger partial charge in [0.25, 0.3) is 0 Å². The van der Waals surface area contributed by atoms with Crippen molar-refractivity contribution in [2.45, 2.75) is 12.3 Å². The van der Waals surface area contributed by atoms with Crippen molar-refractivity contribution in [3.8, 4) is 0 Å². The van der Waals surface area contributed by atoms with Gasteiger partial charge in [-0.2, -0.15) is 0 Å². The first-order valence-electron chi connectivity index (χ1n) is 7.26. The van der Waals surface area contributed by atoms with Crippen molar-refractivity contribution in [2.75, 3.05) is 27.2 Å². The Morgan fingerprint density at radius 1 is 1.27 bits per heavy atom. The molecule has 22 heavy (non-hydrogen) atoms. The van der Waals surface area contributed by atoms with Gasteiger partial charge in [0.15, 0.2) is 0 Å². The topological polar surface area (TPSA) is 32.3 Å². The molecule has 2 rings (SSSR count). The van der Waals surface area contributed by atoms with E-state index in [-0.39, 0.29) is 11.8 Å². The lowest BCUT2D eigenvalue weighted by Crippen LogP contribution is -2.35. The summed E-state index contributed by atoms with van der Waals surface area (Å²) in [7, 11) is 3.99. The summed E-state index contributed by atoms with van der Waals surface area (Å²) >= 11 is 7.63. The van der Waals surface area contributed by atoms with E-state index in [1.807, 2.05) is 49.8 Å². The van der Waals surface area contributed by atoms with Gasteiger partial charge in [-0.1, -0.05) is 29.8 Å². The van der Waals surface area contributed by atoms with E-state index in [1.165, 1.54) is 4.88 Å². The summed E-state index contributed by atoms with van der Waals surface area (Å²) in [6, 6.07) is 11.6. The Labute approximate surface area is 140 Å². The fraction of sp³-hybridized carbons (Fsp3) is 0.353. The number of likely N-dealkylation sites (N-methyl/N-ethyl adjacent to an activating group) is 1. The molecule has 3 nitrogen and oxygen atoms in total. The first kappa shape index (κ1) is 17.0. The Balaban J connectivity index is 2.10. The first-order chi connectivity index (χ1) is 10.6. The Bertz CT molecular complexity index is 581. The van der Waals surface area contributed by atoms with Crippen LogP contribution >= 0.6 is 22.9 Å². The Kier molecular flexibility index (Phi) is 6.43. The molecule has 0 aliphatic rings. The predicted molar refractivity (Wildman–Crippen MR) is 93.8 cm³/mol. The molecule has 1 heterocycles. The van der Waals surface area contributed by atoms with E-state index in [9.17, 15) is 4.79 Å². The van der Waals surface area contributed by atoms with Gasteiger partial charge in [0, 0.05) is 23.0 Å². The molecule has 5 heteroatoms. The van der Waals surface area contributed by atoms with E-state index < -0.39 is 0 Å². The SMILES string of the molecule is CN(C)CCNC(=O)C(Cc1cccs1)c1ccc(Cl)cc1. The minimum absolute atomic E-state index is 0.0672. The van der Waals surface area contributed by atoms with Crippen LogP contribution in [0.5, 0.6) is 0 Å². The lowest BCUT2D eigenvalue weighted by molar-refractivity contribution is -0.122. The zero-order valence-corrected chi connectivity index (χ0v) is 14.5. The van der Waals surface area contributed by atoms with Gasteiger partial charge in [-0.05, 0) is 49.7 Å². The second-order valence-corrected chi connectivity index (χ2v) is 6.95. The summed E-state index contributed by atoms with van der Waals surface area (Å²) in [6.07, 6.45) is 0.715. The summed E-state index contributed by atoms with van der Waals surface area (Å²) in [5.41, 5.74) is 1.00. The highest BCUT2D eigenvalue weighted by Crippen LogP contribution is 2.25. The number of amides is 1. The second-order valence-electron chi connectivity index (χ2n) is 5.48. The number of thiophene rings is 1. The maximum absolute atomic E-state index is 12.6. The van der Waals surface area contributed by atoms with Gasteiger partial charge < -0.3 is 10.2 Å². The molecule has 2 aromatic rings. The highest BCUT2D eigenvalue weighted by Gasteiger charge is 2.21. The molecule has 0 radical (unpaired) electrons. The van der Waals surface area contributed by atoms with Gasteiger partial charge in [-0.3, -0.25) is 4.79 Å². The zero-order chi connectivity index (χ0) is 15.9. The largest absolute Gasteiger partial charge is 0.354 e. The van der Waals surface area contributed by atoms with Gasteiger partial charge >= 0.3 is 0 Å². The van der Waals surface area contributed by atoms with Crippen molar-refractivity contribution < 1.29 is 4.79 Å². The molecular formula is C17H21ClN2OS. The normalized spacial score (nSPS) is 12.4. The van der Waals surface area contributed by atoms with Crippen LogP contribution in [0.25, 0.3) is 0 Å². The molecular weight excluding hydrogens is 316 g/mol. The number of carbonyl (C=O) groups is 1. The molecule has 1 atom stereocenters. The molecule has 0 fully saturated rings. The van der Waals surface area contributed by atoms with E-state index in [2.05, 4.69) is 16.3 Å². The summed E-state index contributed by atoms with van der Waals surface area (Å²) in [5, 5.41) is 5.76. The average Bonchev–Trinajstić information content (AvgIpc) is 2.98. The van der Waals surface area contributed by atoms with Crippen molar-refractivity contribution in [1.29, 1.82) is 0 Å². The van der Waals surface area contributed by atoms with Crippen LogP contribution < -0.4 is 5.32 Å². The lowest BCUT2D eigenvalue weighted by Gasteiger charge is -2.18. The number of nitrogens with one attached hydrogen (secondary N) is 1. The van der Waals surface area contributed by atoms with Crippen LogP contribution in [0.4, 0.5) is 0 Å². The van der Waals surface area contributed by atoms with E-state index in [0.717, 1.165) is 12.1 Å². The highest BCUT2D eigenvalue weighted by molar-refractivity contribution is 7.09. The molecule has 118 valence electrons. The highest BCUT2D eigenvalue weighted by atomic mass is 35.5. The van der Waals surface area contributed by atoms with E-state index >= 15 is 0 Å². The fourth-order valence-electron chi connectivity index (χ4n) is 2.21. The predicted octanol–water partition coefficient (Wildman–Crippen LogP) is 3.41. The van der Waals surface area contributed by atoms with Crippen molar-refractivity contribution in [3.05, 3.63) is 57.2 Å². The number of halogens is 1. The van der Waals surface area contributed by atoms with Gasteiger partial charge in [0.1, 0.15) is 0 Å². The number of hydrogen-bond donors (Lipinski definition) is 1. The number of carbonyl (C=O) groups excluding carboxylic acids is 1. The summed E-state index contributed by atoms with van der Waals surface area (Å²) < 4.78 is 0. The Morgan fingerprint density at radius 2 is 2.00 bits per heavy atom. The summed E-state index contributed by atoms with van der Waals surface area (Å²) in [4.78, 5) is 15.8. The smallest absolute Gasteiger partial charge is 0.227 e. The fourth-order valence-corrected chi connectivity index (χ4v) is 3.09. The van der Waals surface area contributed by atoms with E-state index in [0.29, 0.717) is 18.0 Å². The van der Waals surface area contributed by atoms with Gasteiger partial charge in [-0.25, -0.2) is 0 Å². The molecule has 0 saturated heterocycles. The minimum Gasteiger partial charge on any atom is -0.354 e. The number of nitrogens with zero attached hydrogens (tertiary/aromatic N) is 1. The second kappa shape index (κ2) is 8.32. The van der Waals surface area contributed by atoms with Crippen LogP contribution in [0, 0.1) is 0 Å². The zero-order valence-electron chi connectivity index (χ0n) is 12.9. The quantitative estimate of drug-likeness (QED) is 0.840. The van der Waals surface area contributed by atoms with Crippen molar-refractivity contribution in [3.63, 3.8) is 0 Å². The van der Waals surface area contributed by atoms with Crippen LogP contribution in [0.15, 0.2) is 41.8 Å². The van der Waals surface area contributed by atoms with Crippen molar-refractivity contribution in [2.24, 2.45) is 0 Å². The molecule has 1 N–H and O–H groups in total. The van der Waals surface area contributed by atoms with E-state index in [4.69, 9.17) is 11.6 Å². The third kappa shape index (κ3) is 5.13. The van der Waals surface area contributed by atoms with Crippen LogP contribution in [0.3, 0.4) is 0 Å². The van der Waals surface area contributed by atoms with Crippen molar-refractivity contribution >= 4 is 28.8 Å². The van der Waals surface area contributed by atoms with Crippen LogP contribution in [0.2, 0.25) is 5.02 Å². The monoisotopic (exact) mass is 336 g/mol.